The molecule has 0 bridgehead atoms. The van der Waals surface area contributed by atoms with Crippen molar-refractivity contribution in [1.82, 2.24) is 0 Å². The molecule has 114 valence electrons. The van der Waals surface area contributed by atoms with E-state index in [1.165, 1.54) is 11.1 Å². The van der Waals surface area contributed by atoms with E-state index in [1.807, 2.05) is 12.2 Å². The minimum absolute atomic E-state index is 0.0240. The molecule has 0 aromatic rings. The molecular weight excluding hydrogens is 276 g/mol. The smallest absolute Gasteiger partial charge is 0.193 e. The highest BCUT2D eigenvalue weighted by atomic mass is 28.4. The third kappa shape index (κ3) is 2.05. The van der Waals surface area contributed by atoms with Gasteiger partial charge in [-0.1, -0.05) is 44.6 Å². The van der Waals surface area contributed by atoms with E-state index in [0.29, 0.717) is 0 Å². The third-order valence-electron chi connectivity index (χ3n) is 6.06. The maximum absolute atomic E-state index is 13.0. The first-order chi connectivity index (χ1) is 10.0. The first-order valence-electron chi connectivity index (χ1n) is 8.35. The van der Waals surface area contributed by atoms with Crippen LogP contribution in [0.25, 0.3) is 0 Å². The number of hydrogen-bond donors (Lipinski definition) is 0. The second-order valence-corrected chi connectivity index (χ2v) is 11.5. The highest BCUT2D eigenvalue weighted by Gasteiger charge is 2.59. The summed E-state index contributed by atoms with van der Waals surface area (Å²) in [4.78, 5) is 13.0. The van der Waals surface area contributed by atoms with Gasteiger partial charge in [-0.2, -0.15) is 0 Å². The van der Waals surface area contributed by atoms with Crippen molar-refractivity contribution in [2.75, 3.05) is 0 Å². The number of allylic oxidation sites excluding steroid dienone is 4. The zero-order chi connectivity index (χ0) is 15.3. The number of ketones is 1. The maximum atomic E-state index is 13.0. The van der Waals surface area contributed by atoms with Gasteiger partial charge >= 0.3 is 0 Å². The Kier molecular flexibility index (Phi) is 3.61. The molecule has 0 unspecified atom stereocenters. The molecule has 0 aromatic carbocycles. The minimum Gasteiger partial charge on any atom is -0.406 e. The molecular formula is C18H26O2Si. The van der Waals surface area contributed by atoms with Gasteiger partial charge in [-0.3, -0.25) is 4.79 Å². The zero-order valence-electron chi connectivity index (χ0n) is 13.7. The van der Waals surface area contributed by atoms with Crippen LogP contribution >= 0.6 is 0 Å². The fourth-order valence-corrected chi connectivity index (χ4v) is 6.84. The maximum Gasteiger partial charge on any atom is 0.193 e. The molecule has 0 heterocycles. The standard InChI is InChI=1S/C18H26O2Si/c1-5-21(6-2,7-3)20-17-16(19)15-10-8-9-14(15)13(4)18(17)11-12-18/h8-10,17H,5-7,11-12H2,1-4H3/t17-/m0/s1. The van der Waals surface area contributed by atoms with Crippen LogP contribution in [0.5, 0.6) is 0 Å². The van der Waals surface area contributed by atoms with Crippen LogP contribution in [-0.2, 0) is 9.22 Å². The van der Waals surface area contributed by atoms with Gasteiger partial charge in [0, 0.05) is 11.0 Å². The molecule has 0 N–H and O–H groups in total. The number of carbonyl (C=O) groups excluding carboxylic acids is 1. The Hall–Kier alpha value is -0.933. The average molecular weight is 302 g/mol. The van der Waals surface area contributed by atoms with E-state index < -0.39 is 8.32 Å². The number of rotatable bonds is 5. The zero-order valence-corrected chi connectivity index (χ0v) is 14.7. The van der Waals surface area contributed by atoms with E-state index in [-0.39, 0.29) is 17.3 Å². The summed E-state index contributed by atoms with van der Waals surface area (Å²) in [5.74, 6) is 0.241. The van der Waals surface area contributed by atoms with Crippen LogP contribution in [-0.4, -0.2) is 20.2 Å². The second-order valence-electron chi connectivity index (χ2n) is 6.74. The lowest BCUT2D eigenvalue weighted by Gasteiger charge is -2.40. The van der Waals surface area contributed by atoms with Gasteiger partial charge in [0.1, 0.15) is 6.10 Å². The number of hydrogen-bond acceptors (Lipinski definition) is 2. The van der Waals surface area contributed by atoms with Gasteiger partial charge in [-0.15, -0.1) is 0 Å². The minimum atomic E-state index is -1.76. The quantitative estimate of drug-likeness (QED) is 0.696. The lowest BCUT2D eigenvalue weighted by atomic mass is 9.76. The second kappa shape index (κ2) is 5.06. The van der Waals surface area contributed by atoms with Gasteiger partial charge < -0.3 is 4.43 Å². The van der Waals surface area contributed by atoms with Crippen molar-refractivity contribution in [2.45, 2.75) is 64.8 Å². The summed E-state index contributed by atoms with van der Waals surface area (Å²) in [6.45, 7) is 8.91. The highest BCUT2D eigenvalue weighted by molar-refractivity contribution is 6.73. The summed E-state index contributed by atoms with van der Waals surface area (Å²) in [6.07, 6.45) is 8.10. The predicted molar refractivity (Wildman–Crippen MR) is 88.7 cm³/mol. The molecule has 0 aromatic heterocycles. The molecule has 0 aliphatic heterocycles. The fourth-order valence-electron chi connectivity index (χ4n) is 4.01. The Morgan fingerprint density at radius 1 is 1.24 bits per heavy atom. The number of carbonyl (C=O) groups is 1. The van der Waals surface area contributed by atoms with Crippen molar-refractivity contribution in [2.24, 2.45) is 5.41 Å². The van der Waals surface area contributed by atoms with Gasteiger partial charge in [0.05, 0.1) is 0 Å². The van der Waals surface area contributed by atoms with Gasteiger partial charge in [0.2, 0.25) is 0 Å². The molecule has 2 nitrogen and oxygen atoms in total. The van der Waals surface area contributed by atoms with E-state index in [1.54, 1.807) is 0 Å². The Morgan fingerprint density at radius 2 is 1.86 bits per heavy atom. The number of Topliss-reactive ketones (excluding diaryl/α,β-unsaturated/α-hetero) is 1. The van der Waals surface area contributed by atoms with E-state index in [2.05, 4.69) is 33.8 Å². The van der Waals surface area contributed by atoms with Crippen molar-refractivity contribution >= 4 is 14.1 Å². The summed E-state index contributed by atoms with van der Waals surface area (Å²) in [5.41, 5.74) is 3.48. The highest BCUT2D eigenvalue weighted by Crippen LogP contribution is 2.61. The Labute approximate surface area is 129 Å². The fraction of sp³-hybridized carbons (Fsp3) is 0.611. The van der Waals surface area contributed by atoms with Gasteiger partial charge in [0.25, 0.3) is 0 Å². The summed E-state index contributed by atoms with van der Waals surface area (Å²) >= 11 is 0. The Bertz CT molecular complexity index is 552. The third-order valence-corrected chi connectivity index (χ3v) is 10.7. The molecule has 3 rings (SSSR count). The van der Waals surface area contributed by atoms with Crippen LogP contribution in [0.1, 0.15) is 40.5 Å². The lowest BCUT2D eigenvalue weighted by molar-refractivity contribution is -0.125. The van der Waals surface area contributed by atoms with Crippen LogP contribution in [0.3, 0.4) is 0 Å². The van der Waals surface area contributed by atoms with Crippen molar-refractivity contribution < 1.29 is 9.22 Å². The normalized spacial score (nSPS) is 26.4. The molecule has 0 amide bonds. The monoisotopic (exact) mass is 302 g/mol. The van der Waals surface area contributed by atoms with Crippen molar-refractivity contribution in [3.8, 4) is 0 Å². The molecule has 1 fully saturated rings. The van der Waals surface area contributed by atoms with Gasteiger partial charge in [-0.25, -0.2) is 0 Å². The molecule has 1 atom stereocenters. The molecule has 3 aliphatic rings. The molecule has 1 spiro atoms. The molecule has 0 saturated heterocycles. The summed E-state index contributed by atoms with van der Waals surface area (Å²) in [5, 5.41) is 0. The first-order valence-corrected chi connectivity index (χ1v) is 10.9. The Morgan fingerprint density at radius 3 is 2.38 bits per heavy atom. The molecule has 21 heavy (non-hydrogen) atoms. The Balaban J connectivity index is 1.99. The van der Waals surface area contributed by atoms with Crippen molar-refractivity contribution in [3.63, 3.8) is 0 Å². The number of fused-ring (bicyclic) bond motifs is 1. The molecule has 1 saturated carbocycles. The molecule has 3 heteroatoms. The molecule has 3 aliphatic carbocycles. The predicted octanol–water partition coefficient (Wildman–Crippen LogP) is 4.55. The average Bonchev–Trinajstić information content (AvgIpc) is 3.15. The van der Waals surface area contributed by atoms with Crippen LogP contribution in [0.4, 0.5) is 0 Å². The van der Waals surface area contributed by atoms with E-state index >= 15 is 0 Å². The first kappa shape index (κ1) is 15.0. The van der Waals surface area contributed by atoms with E-state index in [9.17, 15) is 4.79 Å². The van der Waals surface area contributed by atoms with Crippen LogP contribution in [0, 0.1) is 5.41 Å². The summed E-state index contributed by atoms with van der Waals surface area (Å²) < 4.78 is 6.68. The summed E-state index contributed by atoms with van der Waals surface area (Å²) in [7, 11) is -1.76. The van der Waals surface area contributed by atoms with E-state index in [4.69, 9.17) is 4.43 Å². The van der Waals surface area contributed by atoms with Crippen LogP contribution in [0.15, 0.2) is 34.9 Å². The van der Waals surface area contributed by atoms with Crippen LogP contribution in [0.2, 0.25) is 18.1 Å². The van der Waals surface area contributed by atoms with Crippen LogP contribution < -0.4 is 0 Å². The van der Waals surface area contributed by atoms with Crippen molar-refractivity contribution in [1.29, 1.82) is 0 Å². The largest absolute Gasteiger partial charge is 0.406 e. The van der Waals surface area contributed by atoms with Crippen molar-refractivity contribution in [3.05, 3.63) is 34.9 Å². The lowest BCUT2D eigenvalue weighted by Crippen LogP contribution is -2.49. The van der Waals surface area contributed by atoms with Gasteiger partial charge in [0.15, 0.2) is 14.1 Å². The van der Waals surface area contributed by atoms with Gasteiger partial charge in [-0.05, 0) is 43.5 Å². The topological polar surface area (TPSA) is 26.3 Å². The summed E-state index contributed by atoms with van der Waals surface area (Å²) in [6, 6.07) is 3.31. The molecule has 0 radical (unpaired) electrons. The van der Waals surface area contributed by atoms with E-state index in [0.717, 1.165) is 36.5 Å². The SMILES string of the molecule is CC[Si](CC)(CC)O[C@H]1C(=O)C2=CC=CC2=C(C)C12CC2.